The lowest BCUT2D eigenvalue weighted by molar-refractivity contribution is -0.120. The molecule has 5 nitrogen and oxygen atoms in total. The summed E-state index contributed by atoms with van der Waals surface area (Å²) in [4.78, 5) is 14.8. The van der Waals surface area contributed by atoms with Gasteiger partial charge in [0.2, 0.25) is 5.91 Å². The molecule has 0 spiro atoms. The fourth-order valence-electron chi connectivity index (χ4n) is 3.08. The highest BCUT2D eigenvalue weighted by atomic mass is 16.1. The monoisotopic (exact) mass is 324 g/mol. The Morgan fingerprint density at radius 1 is 1.17 bits per heavy atom. The number of aryl methyl sites for hydroxylation is 2. The van der Waals surface area contributed by atoms with E-state index in [1.807, 2.05) is 38.1 Å². The van der Waals surface area contributed by atoms with E-state index in [1.54, 1.807) is 0 Å². The highest BCUT2D eigenvalue weighted by Gasteiger charge is 2.27. The minimum atomic E-state index is -0.0261. The molecule has 2 aromatic rings. The Morgan fingerprint density at radius 3 is 2.75 bits per heavy atom. The number of piperidine rings is 1. The number of nitrogens with zero attached hydrogens (tertiary/aromatic N) is 3. The van der Waals surface area contributed by atoms with Crippen molar-refractivity contribution in [2.24, 2.45) is 5.92 Å². The maximum Gasteiger partial charge on any atom is 0.229 e. The van der Waals surface area contributed by atoms with E-state index in [4.69, 9.17) is 0 Å². The predicted molar refractivity (Wildman–Crippen MR) is 96.3 cm³/mol. The van der Waals surface area contributed by atoms with Crippen LogP contribution in [0.1, 0.15) is 29.7 Å². The highest BCUT2D eigenvalue weighted by molar-refractivity contribution is 5.93. The number of carbonyl (C=O) groups is 1. The third-order valence-electron chi connectivity index (χ3n) is 4.76. The Balaban J connectivity index is 1.69. The van der Waals surface area contributed by atoms with Gasteiger partial charge in [0.25, 0.3) is 0 Å². The van der Waals surface area contributed by atoms with Crippen LogP contribution in [0.25, 0.3) is 0 Å². The van der Waals surface area contributed by atoms with Crippen molar-refractivity contribution in [3.05, 3.63) is 47.2 Å². The largest absolute Gasteiger partial charge is 0.354 e. The minimum absolute atomic E-state index is 0.0261. The second-order valence-corrected chi connectivity index (χ2v) is 6.55. The van der Waals surface area contributed by atoms with Crippen LogP contribution in [0.15, 0.2) is 30.3 Å². The molecule has 1 N–H and O–H groups in total. The van der Waals surface area contributed by atoms with Gasteiger partial charge in [0.1, 0.15) is 0 Å². The SMILES string of the molecule is Cc1ccc(N2CCC[C@@H](C(=O)Nc3cccc(C)c3C)C2)nn1. The fourth-order valence-corrected chi connectivity index (χ4v) is 3.08. The first-order chi connectivity index (χ1) is 11.5. The molecule has 1 atom stereocenters. The second kappa shape index (κ2) is 6.99. The number of carbonyl (C=O) groups excluding carboxylic acids is 1. The van der Waals surface area contributed by atoms with Crippen LogP contribution in [0.5, 0.6) is 0 Å². The molecule has 1 fully saturated rings. The summed E-state index contributed by atoms with van der Waals surface area (Å²) in [7, 11) is 0. The van der Waals surface area contributed by atoms with E-state index >= 15 is 0 Å². The number of amides is 1. The number of rotatable bonds is 3. The summed E-state index contributed by atoms with van der Waals surface area (Å²) >= 11 is 0. The molecule has 0 saturated carbocycles. The van der Waals surface area contributed by atoms with Crippen molar-refractivity contribution in [2.45, 2.75) is 33.6 Å². The zero-order valence-electron chi connectivity index (χ0n) is 14.5. The second-order valence-electron chi connectivity index (χ2n) is 6.55. The molecular weight excluding hydrogens is 300 g/mol. The zero-order valence-corrected chi connectivity index (χ0v) is 14.5. The lowest BCUT2D eigenvalue weighted by Crippen LogP contribution is -2.41. The molecule has 1 aromatic carbocycles. The summed E-state index contributed by atoms with van der Waals surface area (Å²) < 4.78 is 0. The van der Waals surface area contributed by atoms with E-state index in [9.17, 15) is 4.79 Å². The van der Waals surface area contributed by atoms with E-state index in [2.05, 4.69) is 33.4 Å². The summed E-state index contributed by atoms with van der Waals surface area (Å²) in [5, 5.41) is 11.5. The van der Waals surface area contributed by atoms with Gasteiger partial charge in [-0.15, -0.1) is 5.10 Å². The molecule has 126 valence electrons. The van der Waals surface area contributed by atoms with Crippen molar-refractivity contribution in [1.29, 1.82) is 0 Å². The molecule has 2 heterocycles. The molecule has 24 heavy (non-hydrogen) atoms. The van der Waals surface area contributed by atoms with Gasteiger partial charge in [-0.05, 0) is 62.9 Å². The van der Waals surface area contributed by atoms with Crippen molar-refractivity contribution in [2.75, 3.05) is 23.3 Å². The van der Waals surface area contributed by atoms with Crippen molar-refractivity contribution in [3.63, 3.8) is 0 Å². The third kappa shape index (κ3) is 3.55. The van der Waals surface area contributed by atoms with Gasteiger partial charge in [-0.25, -0.2) is 0 Å². The van der Waals surface area contributed by atoms with Gasteiger partial charge < -0.3 is 10.2 Å². The average molecular weight is 324 g/mol. The van der Waals surface area contributed by atoms with Crippen LogP contribution >= 0.6 is 0 Å². The van der Waals surface area contributed by atoms with Crippen molar-refractivity contribution in [3.8, 4) is 0 Å². The van der Waals surface area contributed by atoms with Gasteiger partial charge in [0.15, 0.2) is 5.82 Å². The van der Waals surface area contributed by atoms with E-state index in [-0.39, 0.29) is 11.8 Å². The van der Waals surface area contributed by atoms with E-state index in [0.29, 0.717) is 6.54 Å². The lowest BCUT2D eigenvalue weighted by Gasteiger charge is -2.32. The molecule has 1 saturated heterocycles. The number of nitrogens with one attached hydrogen (secondary N) is 1. The van der Waals surface area contributed by atoms with Gasteiger partial charge in [-0.2, -0.15) is 5.10 Å². The minimum Gasteiger partial charge on any atom is -0.354 e. The van der Waals surface area contributed by atoms with Crippen LogP contribution in [0, 0.1) is 26.7 Å². The molecule has 1 aliphatic heterocycles. The van der Waals surface area contributed by atoms with Crippen molar-refractivity contribution >= 4 is 17.4 Å². The highest BCUT2D eigenvalue weighted by Crippen LogP contribution is 2.24. The molecule has 0 unspecified atom stereocenters. The molecule has 0 bridgehead atoms. The molecule has 1 aromatic heterocycles. The van der Waals surface area contributed by atoms with Gasteiger partial charge in [-0.1, -0.05) is 12.1 Å². The van der Waals surface area contributed by atoms with Crippen LogP contribution in [-0.4, -0.2) is 29.2 Å². The van der Waals surface area contributed by atoms with Crippen LogP contribution in [0.2, 0.25) is 0 Å². The van der Waals surface area contributed by atoms with Gasteiger partial charge in [0.05, 0.1) is 11.6 Å². The normalized spacial score (nSPS) is 17.6. The van der Waals surface area contributed by atoms with Crippen LogP contribution in [0.3, 0.4) is 0 Å². The topological polar surface area (TPSA) is 58.1 Å². The van der Waals surface area contributed by atoms with Crippen LogP contribution in [-0.2, 0) is 4.79 Å². The molecule has 1 aliphatic rings. The summed E-state index contributed by atoms with van der Waals surface area (Å²) in [6, 6.07) is 9.94. The maximum atomic E-state index is 12.7. The van der Waals surface area contributed by atoms with Gasteiger partial charge in [0, 0.05) is 18.8 Å². The van der Waals surface area contributed by atoms with E-state index in [1.165, 1.54) is 5.56 Å². The molecule has 5 heteroatoms. The first-order valence-electron chi connectivity index (χ1n) is 8.47. The Bertz CT molecular complexity index is 727. The molecule has 1 amide bonds. The predicted octanol–water partition coefficient (Wildman–Crippen LogP) is 3.26. The Kier molecular flexibility index (Phi) is 4.79. The zero-order chi connectivity index (χ0) is 17.1. The molecule has 0 aliphatic carbocycles. The number of anilines is 2. The van der Waals surface area contributed by atoms with Crippen LogP contribution < -0.4 is 10.2 Å². The van der Waals surface area contributed by atoms with Crippen molar-refractivity contribution < 1.29 is 4.79 Å². The average Bonchev–Trinajstić information content (AvgIpc) is 2.60. The van der Waals surface area contributed by atoms with E-state index in [0.717, 1.165) is 42.1 Å². The molecule has 3 rings (SSSR count). The third-order valence-corrected chi connectivity index (χ3v) is 4.76. The number of aromatic nitrogens is 2. The molecular formula is C19H24N4O. The summed E-state index contributed by atoms with van der Waals surface area (Å²) in [6.45, 7) is 7.64. The Labute approximate surface area is 143 Å². The lowest BCUT2D eigenvalue weighted by atomic mass is 9.96. The Morgan fingerprint density at radius 2 is 2.00 bits per heavy atom. The summed E-state index contributed by atoms with van der Waals surface area (Å²) in [5.74, 6) is 0.917. The standard InChI is InChI=1S/C19H24N4O/c1-13-6-4-8-17(15(13)3)20-19(24)16-7-5-11-23(12-16)18-10-9-14(2)21-22-18/h4,6,8-10,16H,5,7,11-12H2,1-3H3,(H,20,24)/t16-/m1/s1. The molecule has 0 radical (unpaired) electrons. The maximum absolute atomic E-state index is 12.7. The summed E-state index contributed by atoms with van der Waals surface area (Å²) in [6.07, 6.45) is 1.90. The fraction of sp³-hybridized carbons (Fsp3) is 0.421. The summed E-state index contributed by atoms with van der Waals surface area (Å²) in [5.41, 5.74) is 4.13. The Hall–Kier alpha value is -2.43. The quantitative estimate of drug-likeness (QED) is 0.941. The number of benzene rings is 1. The van der Waals surface area contributed by atoms with Crippen LogP contribution in [0.4, 0.5) is 11.5 Å². The number of hydrogen-bond donors (Lipinski definition) is 1. The van der Waals surface area contributed by atoms with Gasteiger partial charge in [-0.3, -0.25) is 4.79 Å². The smallest absolute Gasteiger partial charge is 0.229 e. The van der Waals surface area contributed by atoms with Crippen molar-refractivity contribution in [1.82, 2.24) is 10.2 Å². The first-order valence-corrected chi connectivity index (χ1v) is 8.47. The first kappa shape index (κ1) is 16.4. The van der Waals surface area contributed by atoms with E-state index < -0.39 is 0 Å². The van der Waals surface area contributed by atoms with Gasteiger partial charge >= 0.3 is 0 Å². The number of hydrogen-bond acceptors (Lipinski definition) is 4.